The summed E-state index contributed by atoms with van der Waals surface area (Å²) in [5, 5.41) is 0. The maximum absolute atomic E-state index is 13.8. The fourth-order valence-corrected chi connectivity index (χ4v) is 5.31. The first kappa shape index (κ1) is 28.3. The third-order valence-corrected chi connectivity index (χ3v) is 7.04. The van der Waals surface area contributed by atoms with Crippen molar-refractivity contribution in [3.8, 4) is 0 Å². The van der Waals surface area contributed by atoms with E-state index in [0.717, 1.165) is 16.7 Å². The molecule has 3 aromatic carbocycles. The van der Waals surface area contributed by atoms with Gasteiger partial charge in [0.25, 0.3) is 0 Å². The van der Waals surface area contributed by atoms with Crippen molar-refractivity contribution >= 4 is 12.1 Å². The van der Waals surface area contributed by atoms with Crippen molar-refractivity contribution in [1.29, 1.82) is 0 Å². The van der Waals surface area contributed by atoms with Crippen LogP contribution in [-0.2, 0) is 32.1 Å². The molecular formula is C32H38N2O5. The molecule has 1 fully saturated rings. The summed E-state index contributed by atoms with van der Waals surface area (Å²) in [6.07, 6.45) is -1.86. The number of nitrogens with zero attached hydrogens (tertiary/aromatic N) is 2. The Morgan fingerprint density at radius 3 is 1.77 bits per heavy atom. The van der Waals surface area contributed by atoms with Crippen molar-refractivity contribution < 1.29 is 23.8 Å². The molecule has 1 saturated heterocycles. The maximum Gasteiger partial charge on any atom is 0.413 e. The standard InChI is InChI=1S/C32H38N2O5/c1-31(2)23-38-32(3,4)34(31)30(36)39-28(29(35)37-5)27(26-19-13-8-14-20-26)33(21-24-15-9-6-10-16-24)22-25-17-11-7-12-18-25/h6-20,27-28H,21-23H2,1-5H3/t27-,28-/m1/s1. The molecule has 206 valence electrons. The topological polar surface area (TPSA) is 68.3 Å². The minimum Gasteiger partial charge on any atom is -0.466 e. The van der Waals surface area contributed by atoms with Crippen LogP contribution in [0.15, 0.2) is 91.0 Å². The molecule has 39 heavy (non-hydrogen) atoms. The Kier molecular flexibility index (Phi) is 8.73. The molecule has 4 rings (SSSR count). The summed E-state index contributed by atoms with van der Waals surface area (Å²) in [6.45, 7) is 8.87. The van der Waals surface area contributed by atoms with Gasteiger partial charge in [-0.25, -0.2) is 9.59 Å². The lowest BCUT2D eigenvalue weighted by Gasteiger charge is -2.40. The van der Waals surface area contributed by atoms with E-state index in [-0.39, 0.29) is 0 Å². The second-order valence-electron chi connectivity index (χ2n) is 10.9. The first-order valence-electron chi connectivity index (χ1n) is 13.2. The molecule has 0 spiro atoms. The number of carbonyl (C=O) groups excluding carboxylic acids is 2. The summed E-state index contributed by atoms with van der Waals surface area (Å²) in [5.41, 5.74) is 1.47. The van der Waals surface area contributed by atoms with Gasteiger partial charge in [-0.15, -0.1) is 0 Å². The minimum absolute atomic E-state index is 0.355. The van der Waals surface area contributed by atoms with Crippen molar-refractivity contribution in [1.82, 2.24) is 9.80 Å². The van der Waals surface area contributed by atoms with Gasteiger partial charge >= 0.3 is 12.1 Å². The second kappa shape index (κ2) is 12.0. The van der Waals surface area contributed by atoms with Crippen LogP contribution in [-0.4, -0.2) is 52.9 Å². The lowest BCUT2D eigenvalue weighted by atomic mass is 9.97. The van der Waals surface area contributed by atoms with E-state index in [9.17, 15) is 9.59 Å². The molecule has 1 amide bonds. The number of hydrogen-bond donors (Lipinski definition) is 0. The lowest BCUT2D eigenvalue weighted by molar-refractivity contribution is -0.157. The van der Waals surface area contributed by atoms with Gasteiger partial charge in [0.1, 0.15) is 5.72 Å². The largest absolute Gasteiger partial charge is 0.466 e. The van der Waals surface area contributed by atoms with Crippen LogP contribution in [0.25, 0.3) is 0 Å². The molecule has 1 heterocycles. The molecule has 0 radical (unpaired) electrons. The first-order valence-corrected chi connectivity index (χ1v) is 13.2. The predicted octanol–water partition coefficient (Wildman–Crippen LogP) is 5.96. The number of methoxy groups -OCH3 is 1. The average Bonchev–Trinajstić information content (AvgIpc) is 3.16. The summed E-state index contributed by atoms with van der Waals surface area (Å²) >= 11 is 0. The van der Waals surface area contributed by atoms with Gasteiger partial charge in [0.15, 0.2) is 0 Å². The monoisotopic (exact) mass is 530 g/mol. The van der Waals surface area contributed by atoms with Gasteiger partial charge in [0, 0.05) is 13.1 Å². The summed E-state index contributed by atoms with van der Waals surface area (Å²) in [5.74, 6) is -0.626. The number of carbonyl (C=O) groups is 2. The van der Waals surface area contributed by atoms with Crippen LogP contribution in [0.2, 0.25) is 0 Å². The van der Waals surface area contributed by atoms with E-state index in [1.54, 1.807) is 4.90 Å². The van der Waals surface area contributed by atoms with Gasteiger partial charge < -0.3 is 14.2 Å². The van der Waals surface area contributed by atoms with Crippen LogP contribution < -0.4 is 0 Å². The van der Waals surface area contributed by atoms with Gasteiger partial charge in [-0.05, 0) is 44.4 Å². The zero-order chi connectivity index (χ0) is 28.0. The second-order valence-corrected chi connectivity index (χ2v) is 10.9. The molecular weight excluding hydrogens is 492 g/mol. The lowest BCUT2D eigenvalue weighted by Crippen LogP contribution is -2.55. The van der Waals surface area contributed by atoms with E-state index in [0.29, 0.717) is 19.7 Å². The minimum atomic E-state index is -1.23. The highest BCUT2D eigenvalue weighted by Crippen LogP contribution is 2.37. The smallest absolute Gasteiger partial charge is 0.413 e. The summed E-state index contributed by atoms with van der Waals surface area (Å²) in [4.78, 5) is 30.9. The van der Waals surface area contributed by atoms with E-state index in [2.05, 4.69) is 4.90 Å². The molecule has 1 aliphatic heterocycles. The van der Waals surface area contributed by atoms with Crippen LogP contribution in [0, 0.1) is 0 Å². The zero-order valence-corrected chi connectivity index (χ0v) is 23.4. The Morgan fingerprint density at radius 1 is 0.846 bits per heavy atom. The molecule has 0 aromatic heterocycles. The zero-order valence-electron chi connectivity index (χ0n) is 23.4. The Hall–Kier alpha value is -3.68. The van der Waals surface area contributed by atoms with E-state index in [4.69, 9.17) is 14.2 Å². The molecule has 0 N–H and O–H groups in total. The van der Waals surface area contributed by atoms with Crippen LogP contribution in [0.1, 0.15) is 50.4 Å². The fraction of sp³-hybridized carbons (Fsp3) is 0.375. The predicted molar refractivity (Wildman–Crippen MR) is 150 cm³/mol. The third kappa shape index (κ3) is 6.67. The van der Waals surface area contributed by atoms with Crippen molar-refractivity contribution in [3.05, 3.63) is 108 Å². The highest BCUT2D eigenvalue weighted by Gasteiger charge is 2.51. The Balaban J connectivity index is 1.78. The number of hydrogen-bond acceptors (Lipinski definition) is 6. The number of esters is 1. The molecule has 7 heteroatoms. The molecule has 2 atom stereocenters. The molecule has 0 unspecified atom stereocenters. The molecule has 1 aliphatic rings. The van der Waals surface area contributed by atoms with E-state index >= 15 is 0 Å². The van der Waals surface area contributed by atoms with Crippen LogP contribution in [0.5, 0.6) is 0 Å². The summed E-state index contributed by atoms with van der Waals surface area (Å²) in [7, 11) is 1.32. The molecule has 7 nitrogen and oxygen atoms in total. The highest BCUT2D eigenvalue weighted by atomic mass is 16.6. The van der Waals surface area contributed by atoms with Crippen molar-refractivity contribution in [2.45, 2.75) is 64.2 Å². The normalized spacial score (nSPS) is 17.4. The molecule has 3 aromatic rings. The van der Waals surface area contributed by atoms with Gasteiger partial charge in [0.05, 0.1) is 25.3 Å². The summed E-state index contributed by atoms with van der Waals surface area (Å²) < 4.78 is 17.3. The Bertz CT molecular complexity index is 1170. The molecule has 0 saturated carbocycles. The number of rotatable bonds is 9. The SMILES string of the molecule is COC(=O)[C@H](OC(=O)N1C(C)(C)COC1(C)C)[C@@H](c1ccccc1)N(Cc1ccccc1)Cc1ccccc1. The van der Waals surface area contributed by atoms with Gasteiger partial charge in [0.2, 0.25) is 6.10 Å². The van der Waals surface area contributed by atoms with Crippen LogP contribution >= 0.6 is 0 Å². The molecule has 0 bridgehead atoms. The van der Waals surface area contributed by atoms with Crippen molar-refractivity contribution in [3.63, 3.8) is 0 Å². The van der Waals surface area contributed by atoms with Gasteiger partial charge in [-0.3, -0.25) is 9.80 Å². The van der Waals surface area contributed by atoms with Gasteiger partial charge in [-0.2, -0.15) is 0 Å². The Labute approximate surface area is 231 Å². The average molecular weight is 531 g/mol. The van der Waals surface area contributed by atoms with E-state index in [1.165, 1.54) is 7.11 Å². The fourth-order valence-electron chi connectivity index (χ4n) is 5.31. The highest BCUT2D eigenvalue weighted by molar-refractivity contribution is 5.80. The van der Waals surface area contributed by atoms with Crippen LogP contribution in [0.3, 0.4) is 0 Å². The van der Waals surface area contributed by atoms with E-state index < -0.39 is 35.5 Å². The first-order chi connectivity index (χ1) is 18.6. The van der Waals surface area contributed by atoms with Gasteiger partial charge in [-0.1, -0.05) is 91.0 Å². The van der Waals surface area contributed by atoms with E-state index in [1.807, 2.05) is 119 Å². The maximum atomic E-state index is 13.8. The molecule has 0 aliphatic carbocycles. The quantitative estimate of drug-likeness (QED) is 0.318. The number of ether oxygens (including phenoxy) is 3. The summed E-state index contributed by atoms with van der Waals surface area (Å²) in [6, 6.07) is 29.1. The number of amides is 1. The van der Waals surface area contributed by atoms with Crippen LogP contribution in [0.4, 0.5) is 4.79 Å². The Morgan fingerprint density at radius 2 is 1.33 bits per heavy atom. The third-order valence-electron chi connectivity index (χ3n) is 7.04. The number of benzene rings is 3. The van der Waals surface area contributed by atoms with Crippen molar-refractivity contribution in [2.75, 3.05) is 13.7 Å². The van der Waals surface area contributed by atoms with Crippen molar-refractivity contribution in [2.24, 2.45) is 0 Å².